The summed E-state index contributed by atoms with van der Waals surface area (Å²) in [6.07, 6.45) is 7.48. The Balaban J connectivity index is 1.17. The maximum atomic E-state index is 12.6. The van der Waals surface area contributed by atoms with Crippen LogP contribution in [-0.2, 0) is 29.0 Å². The number of carbonyl (C=O) groups excluding carboxylic acids is 3. The molecule has 0 atom stereocenters. The normalized spacial score (nSPS) is 12.3. The second-order valence-corrected chi connectivity index (χ2v) is 10.1. The average Bonchev–Trinajstić information content (AvgIpc) is 3.38. The highest BCUT2D eigenvalue weighted by atomic mass is 32.1. The molecule has 3 amide bonds. The van der Waals surface area contributed by atoms with Crippen LogP contribution in [0.3, 0.4) is 0 Å². The van der Waals surface area contributed by atoms with Crippen molar-refractivity contribution in [1.82, 2.24) is 31.7 Å². The maximum absolute atomic E-state index is 12.6. The summed E-state index contributed by atoms with van der Waals surface area (Å²) in [5.74, 6) is 0.183. The van der Waals surface area contributed by atoms with Crippen molar-refractivity contribution in [3.8, 4) is 0 Å². The van der Waals surface area contributed by atoms with Crippen molar-refractivity contribution in [3.05, 3.63) is 100.0 Å². The molecule has 11 heteroatoms. The van der Waals surface area contributed by atoms with E-state index < -0.39 is 0 Å². The first-order valence-corrected chi connectivity index (χ1v) is 13.5. The lowest BCUT2D eigenvalue weighted by molar-refractivity contribution is -0.118. The minimum absolute atomic E-state index is 0.129. The molecule has 0 fully saturated rings. The minimum atomic E-state index is -0.169. The van der Waals surface area contributed by atoms with Gasteiger partial charge in [-0.25, -0.2) is 0 Å². The van der Waals surface area contributed by atoms with Gasteiger partial charge in [-0.2, -0.15) is 0 Å². The number of allylic oxidation sites excluding steroid dienone is 3. The Bertz CT molecular complexity index is 1370. The van der Waals surface area contributed by atoms with Crippen LogP contribution in [0.15, 0.2) is 78.3 Å². The van der Waals surface area contributed by atoms with E-state index in [1.165, 1.54) is 18.3 Å². The van der Waals surface area contributed by atoms with E-state index in [2.05, 4.69) is 37.0 Å². The molecule has 2 heterocycles. The molecule has 0 saturated heterocycles. The molecule has 202 valence electrons. The van der Waals surface area contributed by atoms with E-state index in [1.807, 2.05) is 54.6 Å². The van der Waals surface area contributed by atoms with Gasteiger partial charge in [0.15, 0.2) is 0 Å². The Morgan fingerprint density at radius 3 is 2.44 bits per heavy atom. The van der Waals surface area contributed by atoms with Gasteiger partial charge in [0.1, 0.15) is 10.8 Å². The third kappa shape index (κ3) is 9.08. The van der Waals surface area contributed by atoms with E-state index in [4.69, 9.17) is 0 Å². The summed E-state index contributed by atoms with van der Waals surface area (Å²) < 4.78 is 0. The first kappa shape index (κ1) is 27.5. The van der Waals surface area contributed by atoms with Crippen LogP contribution in [0.1, 0.15) is 52.7 Å². The van der Waals surface area contributed by atoms with Crippen molar-refractivity contribution in [3.63, 3.8) is 0 Å². The third-order valence-corrected chi connectivity index (χ3v) is 6.66. The zero-order valence-corrected chi connectivity index (χ0v) is 22.4. The Labute approximate surface area is 231 Å². The molecule has 0 bridgehead atoms. The summed E-state index contributed by atoms with van der Waals surface area (Å²) >= 11 is 1.38. The molecule has 10 nitrogen and oxygen atoms in total. The van der Waals surface area contributed by atoms with Gasteiger partial charge >= 0.3 is 0 Å². The summed E-state index contributed by atoms with van der Waals surface area (Å²) in [7, 11) is 0. The number of hydrazine groups is 1. The molecule has 3 aromatic rings. The lowest BCUT2D eigenvalue weighted by atomic mass is 10.1. The fraction of sp³-hybridized carbons (Fsp3) is 0.250. The highest BCUT2D eigenvalue weighted by Crippen LogP contribution is 2.19. The number of hydrogen-bond acceptors (Lipinski definition) is 8. The summed E-state index contributed by atoms with van der Waals surface area (Å²) in [6, 6.07) is 16.6. The predicted octanol–water partition coefficient (Wildman–Crippen LogP) is 3.33. The Kier molecular flexibility index (Phi) is 9.79. The van der Waals surface area contributed by atoms with Gasteiger partial charge in [-0.3, -0.25) is 19.8 Å². The topological polar surface area (TPSA) is 137 Å². The smallest absolute Gasteiger partial charge is 0.251 e. The molecule has 1 aliphatic rings. The van der Waals surface area contributed by atoms with Crippen LogP contribution in [-0.4, -0.2) is 27.9 Å². The number of anilines is 1. The monoisotopic (exact) mass is 545 g/mol. The predicted molar refractivity (Wildman–Crippen MR) is 150 cm³/mol. The summed E-state index contributed by atoms with van der Waals surface area (Å²) in [4.78, 5) is 35.9. The average molecular weight is 546 g/mol. The zero-order chi connectivity index (χ0) is 27.5. The van der Waals surface area contributed by atoms with Crippen LogP contribution in [0.2, 0.25) is 0 Å². The molecule has 4 rings (SSSR count). The molecule has 1 aromatic heterocycles. The molecule has 0 radical (unpaired) electrons. The van der Waals surface area contributed by atoms with Crippen molar-refractivity contribution in [1.29, 1.82) is 0 Å². The highest BCUT2D eigenvalue weighted by molar-refractivity contribution is 7.15. The fourth-order valence-corrected chi connectivity index (χ4v) is 4.69. The second kappa shape index (κ2) is 13.9. The number of nitrogens with one attached hydrogen (secondary N) is 5. The van der Waals surface area contributed by atoms with E-state index in [1.54, 1.807) is 12.1 Å². The maximum Gasteiger partial charge on any atom is 0.251 e. The molecule has 5 N–H and O–H groups in total. The van der Waals surface area contributed by atoms with Gasteiger partial charge in [0.05, 0.1) is 6.42 Å². The number of aromatic nitrogens is 2. The van der Waals surface area contributed by atoms with Gasteiger partial charge in [-0.15, -0.1) is 10.2 Å². The van der Waals surface area contributed by atoms with Crippen LogP contribution >= 0.6 is 11.3 Å². The summed E-state index contributed by atoms with van der Waals surface area (Å²) in [5.41, 5.74) is 9.44. The van der Waals surface area contributed by atoms with E-state index in [0.717, 1.165) is 47.5 Å². The first-order valence-electron chi connectivity index (χ1n) is 12.7. The van der Waals surface area contributed by atoms with Crippen molar-refractivity contribution in [2.24, 2.45) is 0 Å². The number of benzene rings is 2. The molecule has 0 aliphatic carbocycles. The number of rotatable bonds is 12. The molecule has 0 spiro atoms. The molecule has 39 heavy (non-hydrogen) atoms. The molecule has 2 aromatic carbocycles. The number of carbonyl (C=O) groups is 3. The molecular weight excluding hydrogens is 514 g/mol. The zero-order valence-electron chi connectivity index (χ0n) is 21.6. The highest BCUT2D eigenvalue weighted by Gasteiger charge is 2.11. The number of amides is 3. The Hall–Kier alpha value is -4.51. The van der Waals surface area contributed by atoms with E-state index in [0.29, 0.717) is 23.1 Å². The standard InChI is InChI=1S/C28H31N7O3S/c1-19(36)30-24-15-14-23(32-33-24)12-5-6-13-26-34-35-28(39-26)31-25(37)17-20-8-7-9-21(16-20)18-29-27(38)22-10-3-2-4-11-22/h2-4,7-11,14-16,32-33H,5-6,12-13,17-18H2,1H3,(H,29,38)(H,30,36)(H,31,35,37). The number of unbranched alkanes of at least 4 members (excludes halogenated alkanes) is 1. The molecule has 0 unspecified atom stereocenters. The van der Waals surface area contributed by atoms with Gasteiger partial charge in [-0.05, 0) is 54.7 Å². The SMILES string of the molecule is CC(=O)NC1=CC=C(CCCCc2nnc(NC(=O)Cc3cccc(CNC(=O)c4ccccc4)c3)s2)NN1. The van der Waals surface area contributed by atoms with E-state index in [9.17, 15) is 14.4 Å². The summed E-state index contributed by atoms with van der Waals surface area (Å²) in [6.45, 7) is 1.84. The van der Waals surface area contributed by atoms with Crippen molar-refractivity contribution < 1.29 is 14.4 Å². The van der Waals surface area contributed by atoms with Crippen LogP contribution in [0.25, 0.3) is 0 Å². The molecule has 1 aliphatic heterocycles. The van der Waals surface area contributed by atoms with Crippen molar-refractivity contribution >= 4 is 34.2 Å². The van der Waals surface area contributed by atoms with Gasteiger partial charge in [0.2, 0.25) is 16.9 Å². The van der Waals surface area contributed by atoms with Gasteiger partial charge in [0, 0.05) is 31.1 Å². The largest absolute Gasteiger partial charge is 0.348 e. The lowest BCUT2D eigenvalue weighted by Crippen LogP contribution is -2.40. The third-order valence-electron chi connectivity index (χ3n) is 5.76. The molecule has 0 saturated carbocycles. The van der Waals surface area contributed by atoms with Gasteiger partial charge < -0.3 is 21.4 Å². The molecular formula is C28H31N7O3S. The summed E-state index contributed by atoms with van der Waals surface area (Å²) in [5, 5.41) is 18.1. The van der Waals surface area contributed by atoms with Crippen LogP contribution in [0, 0.1) is 0 Å². The number of hydrogen-bond donors (Lipinski definition) is 5. The van der Waals surface area contributed by atoms with Crippen molar-refractivity contribution in [2.45, 2.75) is 45.6 Å². The van der Waals surface area contributed by atoms with Gasteiger partial charge in [-0.1, -0.05) is 53.8 Å². The van der Waals surface area contributed by atoms with E-state index >= 15 is 0 Å². The van der Waals surface area contributed by atoms with Gasteiger partial charge in [0.25, 0.3) is 5.91 Å². The van der Waals surface area contributed by atoms with Crippen LogP contribution < -0.4 is 26.8 Å². The van der Waals surface area contributed by atoms with Crippen molar-refractivity contribution in [2.75, 3.05) is 5.32 Å². The lowest BCUT2D eigenvalue weighted by Gasteiger charge is -2.19. The Morgan fingerprint density at radius 2 is 1.67 bits per heavy atom. The second-order valence-electron chi connectivity index (χ2n) is 9.01. The first-order chi connectivity index (χ1) is 18.9. The Morgan fingerprint density at radius 1 is 0.872 bits per heavy atom. The number of nitrogens with zero attached hydrogens (tertiary/aromatic N) is 2. The van der Waals surface area contributed by atoms with E-state index in [-0.39, 0.29) is 24.1 Å². The quantitative estimate of drug-likeness (QED) is 0.220. The minimum Gasteiger partial charge on any atom is -0.348 e. The fourth-order valence-electron chi connectivity index (χ4n) is 3.89. The number of aryl methyl sites for hydroxylation is 1. The van der Waals surface area contributed by atoms with Crippen LogP contribution in [0.5, 0.6) is 0 Å². The van der Waals surface area contributed by atoms with Crippen LogP contribution in [0.4, 0.5) is 5.13 Å².